The molecule has 0 saturated carbocycles. The van der Waals surface area contributed by atoms with Gasteiger partial charge in [0.2, 0.25) is 5.60 Å². The van der Waals surface area contributed by atoms with Crippen LogP contribution in [0.15, 0.2) is 42.5 Å². The first-order chi connectivity index (χ1) is 14.4. The Bertz CT molecular complexity index is 1020. The fourth-order valence-corrected chi connectivity index (χ4v) is 3.56. The maximum absolute atomic E-state index is 14.1. The van der Waals surface area contributed by atoms with Crippen LogP contribution in [0.25, 0.3) is 5.70 Å². The maximum atomic E-state index is 14.1. The van der Waals surface area contributed by atoms with Crippen LogP contribution in [0.1, 0.15) is 30.5 Å². The van der Waals surface area contributed by atoms with Crippen LogP contribution in [-0.2, 0) is 15.2 Å². The van der Waals surface area contributed by atoms with Gasteiger partial charge in [-0.15, -0.1) is 0 Å². The molecule has 2 aromatic carbocycles. The Morgan fingerprint density at radius 2 is 1.81 bits per heavy atom. The lowest BCUT2D eigenvalue weighted by Gasteiger charge is -2.28. The largest absolute Gasteiger partial charge is 0.447 e. The molecule has 1 amide bonds. The van der Waals surface area contributed by atoms with Gasteiger partial charge in [0, 0.05) is 26.9 Å². The van der Waals surface area contributed by atoms with Crippen molar-refractivity contribution in [1.82, 2.24) is 5.48 Å². The zero-order valence-corrected chi connectivity index (χ0v) is 18.2. The summed E-state index contributed by atoms with van der Waals surface area (Å²) in [5.41, 5.74) is 0.800. The van der Waals surface area contributed by atoms with Gasteiger partial charge >= 0.3 is 12.3 Å². The van der Waals surface area contributed by atoms with Crippen molar-refractivity contribution >= 4 is 40.7 Å². The van der Waals surface area contributed by atoms with E-state index in [-0.39, 0.29) is 27.4 Å². The van der Waals surface area contributed by atoms with Crippen LogP contribution in [0, 0.1) is 6.92 Å². The molecule has 1 heterocycles. The van der Waals surface area contributed by atoms with E-state index in [0.717, 1.165) is 18.2 Å². The van der Waals surface area contributed by atoms with Gasteiger partial charge in [0.05, 0.1) is 11.8 Å². The average molecular weight is 475 g/mol. The number of aryl methyl sites for hydroxylation is 1. The van der Waals surface area contributed by atoms with Gasteiger partial charge in [0.15, 0.2) is 0 Å². The van der Waals surface area contributed by atoms with Crippen LogP contribution < -0.4 is 10.8 Å². The van der Waals surface area contributed by atoms with Crippen molar-refractivity contribution in [3.05, 3.63) is 69.2 Å². The number of benzene rings is 2. The monoisotopic (exact) mass is 474 g/mol. The third kappa shape index (κ3) is 4.92. The smallest absolute Gasteiger partial charge is 0.428 e. The van der Waals surface area contributed by atoms with Crippen LogP contribution in [0.5, 0.6) is 0 Å². The van der Waals surface area contributed by atoms with Gasteiger partial charge in [-0.2, -0.15) is 13.2 Å². The predicted octanol–water partition coefficient (Wildman–Crippen LogP) is 6.59. The second-order valence-corrected chi connectivity index (χ2v) is 8.14. The molecule has 166 valence electrons. The van der Waals surface area contributed by atoms with E-state index in [1.54, 1.807) is 32.9 Å². The number of anilines is 1. The summed E-state index contributed by atoms with van der Waals surface area (Å²) in [6, 6.07) is 8.41. The highest BCUT2D eigenvalue weighted by Crippen LogP contribution is 2.48. The van der Waals surface area contributed by atoms with Crippen LogP contribution in [-0.4, -0.2) is 18.4 Å². The van der Waals surface area contributed by atoms with Crippen molar-refractivity contribution in [2.75, 3.05) is 5.32 Å². The van der Waals surface area contributed by atoms with E-state index in [1.807, 2.05) is 0 Å². The number of hydrogen-bond acceptors (Lipinski definition) is 4. The van der Waals surface area contributed by atoms with E-state index in [4.69, 9.17) is 32.8 Å². The Morgan fingerprint density at radius 3 is 2.39 bits per heavy atom. The molecule has 1 atom stereocenters. The molecule has 0 saturated heterocycles. The highest BCUT2D eigenvalue weighted by molar-refractivity contribution is 6.34. The lowest BCUT2D eigenvalue weighted by Crippen LogP contribution is -2.42. The third-order valence-corrected chi connectivity index (χ3v) is 4.95. The molecule has 0 fully saturated rings. The van der Waals surface area contributed by atoms with Gasteiger partial charge in [0.1, 0.15) is 0 Å². The minimum Gasteiger partial charge on any atom is -0.447 e. The second kappa shape index (κ2) is 8.61. The van der Waals surface area contributed by atoms with Crippen LogP contribution in [0.3, 0.4) is 0 Å². The number of carbonyl (C=O) groups is 1. The van der Waals surface area contributed by atoms with Crippen LogP contribution >= 0.6 is 23.2 Å². The Morgan fingerprint density at radius 1 is 1.16 bits per heavy atom. The van der Waals surface area contributed by atoms with Gasteiger partial charge in [-0.1, -0.05) is 35.3 Å². The number of rotatable bonds is 4. The number of nitrogens with one attached hydrogen (secondary N) is 2. The van der Waals surface area contributed by atoms with Gasteiger partial charge in [0.25, 0.3) is 0 Å². The fourth-order valence-electron chi connectivity index (χ4n) is 3.03. The standard InChI is InChI=1S/C21H19Cl2F3N2O3/c1-11(2)30-19(29)27-17-6-13(5-4-12(17)3)18-10-20(31-28-18,21(24,25)26)14-7-15(22)9-16(23)8-14/h4-11,28H,1-3H3,(H,27,29). The lowest BCUT2D eigenvalue weighted by atomic mass is 9.91. The molecule has 0 aliphatic carbocycles. The molecule has 0 spiro atoms. The van der Waals surface area contributed by atoms with Crippen molar-refractivity contribution in [2.24, 2.45) is 0 Å². The Kier molecular flexibility index (Phi) is 6.45. The maximum Gasteiger partial charge on any atom is 0.428 e. The van der Waals surface area contributed by atoms with Crippen molar-refractivity contribution < 1.29 is 27.5 Å². The summed E-state index contributed by atoms with van der Waals surface area (Å²) in [4.78, 5) is 17.0. The minimum atomic E-state index is -4.82. The molecule has 0 radical (unpaired) electrons. The summed E-state index contributed by atoms with van der Waals surface area (Å²) >= 11 is 11.8. The SMILES string of the molecule is Cc1ccc(C2=CC(c3cc(Cl)cc(Cl)c3)(C(F)(F)F)ON2)cc1NC(=O)OC(C)C. The third-order valence-electron chi connectivity index (χ3n) is 4.51. The summed E-state index contributed by atoms with van der Waals surface area (Å²) in [6.45, 7) is 5.15. The zero-order valence-electron chi connectivity index (χ0n) is 16.7. The summed E-state index contributed by atoms with van der Waals surface area (Å²) in [5.74, 6) is 0. The number of alkyl halides is 3. The van der Waals surface area contributed by atoms with Crippen molar-refractivity contribution in [3.63, 3.8) is 0 Å². The Labute approximate surface area is 187 Å². The molecule has 1 aliphatic heterocycles. The fraction of sp³-hybridized carbons (Fsp3) is 0.286. The van der Waals surface area contributed by atoms with E-state index in [1.165, 1.54) is 12.1 Å². The first-order valence-corrected chi connectivity index (χ1v) is 9.96. The summed E-state index contributed by atoms with van der Waals surface area (Å²) in [5, 5.41) is 2.68. The number of hydroxylamine groups is 1. The molecule has 10 heteroatoms. The number of ether oxygens (including phenoxy) is 1. The number of hydrogen-bond donors (Lipinski definition) is 2. The average Bonchev–Trinajstić information content (AvgIpc) is 3.09. The van der Waals surface area contributed by atoms with Gasteiger partial charge in [-0.25, -0.2) is 4.79 Å². The van der Waals surface area contributed by atoms with Gasteiger partial charge < -0.3 is 4.74 Å². The van der Waals surface area contributed by atoms with Gasteiger partial charge in [-0.3, -0.25) is 15.6 Å². The molecular weight excluding hydrogens is 456 g/mol. The van der Waals surface area contributed by atoms with Crippen molar-refractivity contribution in [3.8, 4) is 0 Å². The molecule has 5 nitrogen and oxygen atoms in total. The molecular formula is C21H19Cl2F3N2O3. The molecule has 3 rings (SSSR count). The molecule has 1 aliphatic rings. The minimum absolute atomic E-state index is 0.0436. The topological polar surface area (TPSA) is 59.6 Å². The first kappa shape index (κ1) is 23.2. The normalized spacial score (nSPS) is 18.5. The summed E-state index contributed by atoms with van der Waals surface area (Å²) < 4.78 is 47.4. The Hall–Kier alpha value is -2.42. The highest BCUT2D eigenvalue weighted by Gasteiger charge is 2.59. The van der Waals surface area contributed by atoms with Gasteiger partial charge in [-0.05, 0) is 56.7 Å². The lowest BCUT2D eigenvalue weighted by molar-refractivity contribution is -0.269. The number of halogens is 5. The molecule has 1 unspecified atom stereocenters. The van der Waals surface area contributed by atoms with Crippen molar-refractivity contribution in [2.45, 2.75) is 38.7 Å². The van der Waals surface area contributed by atoms with E-state index < -0.39 is 17.9 Å². The molecule has 2 aromatic rings. The van der Waals surface area contributed by atoms with Crippen molar-refractivity contribution in [1.29, 1.82) is 0 Å². The molecule has 31 heavy (non-hydrogen) atoms. The number of carbonyl (C=O) groups excluding carboxylic acids is 1. The Balaban J connectivity index is 2.02. The molecule has 0 bridgehead atoms. The summed E-state index contributed by atoms with van der Waals surface area (Å²) in [6.07, 6.45) is -4.90. The van der Waals surface area contributed by atoms with Crippen LogP contribution in [0.2, 0.25) is 10.0 Å². The van der Waals surface area contributed by atoms with E-state index in [2.05, 4.69) is 10.8 Å². The summed E-state index contributed by atoms with van der Waals surface area (Å²) in [7, 11) is 0. The quantitative estimate of drug-likeness (QED) is 0.524. The molecule has 2 N–H and O–H groups in total. The number of amides is 1. The zero-order chi connectivity index (χ0) is 23.0. The first-order valence-electron chi connectivity index (χ1n) is 9.20. The van der Waals surface area contributed by atoms with E-state index in [0.29, 0.717) is 16.8 Å². The van der Waals surface area contributed by atoms with Crippen LogP contribution in [0.4, 0.5) is 23.7 Å². The highest BCUT2D eigenvalue weighted by atomic mass is 35.5. The predicted molar refractivity (Wildman–Crippen MR) is 113 cm³/mol. The molecule has 0 aromatic heterocycles. The van der Waals surface area contributed by atoms with E-state index in [9.17, 15) is 18.0 Å². The second-order valence-electron chi connectivity index (χ2n) is 7.26. The van der Waals surface area contributed by atoms with E-state index >= 15 is 0 Å².